The van der Waals surface area contributed by atoms with Gasteiger partial charge < -0.3 is 14.5 Å². The lowest BCUT2D eigenvalue weighted by molar-refractivity contribution is 0.0632. The summed E-state index contributed by atoms with van der Waals surface area (Å²) in [4.78, 5) is 29.1. The van der Waals surface area contributed by atoms with E-state index in [9.17, 15) is 9.59 Å². The van der Waals surface area contributed by atoms with E-state index < -0.39 is 0 Å². The summed E-state index contributed by atoms with van der Waals surface area (Å²) in [7, 11) is 0. The predicted octanol–water partition coefficient (Wildman–Crippen LogP) is 3.85. The number of carbonyl (C=O) groups is 2. The van der Waals surface area contributed by atoms with Gasteiger partial charge >= 0.3 is 0 Å². The van der Waals surface area contributed by atoms with Gasteiger partial charge in [-0.15, -0.1) is 0 Å². The van der Waals surface area contributed by atoms with Crippen LogP contribution in [0.5, 0.6) is 5.75 Å². The number of rotatable bonds is 5. The van der Waals surface area contributed by atoms with Crippen LogP contribution in [0.4, 0.5) is 0 Å². The average Bonchev–Trinajstić information content (AvgIpc) is 3.33. The topological polar surface area (TPSA) is 49.9 Å². The number of likely N-dealkylation sites (tertiary alicyclic amines) is 2. The number of hydrogen-bond donors (Lipinski definition) is 0. The number of benzene rings is 2. The highest BCUT2D eigenvalue weighted by molar-refractivity contribution is 5.95. The minimum Gasteiger partial charge on any atom is -0.493 e. The fourth-order valence-electron chi connectivity index (χ4n) is 4.18. The molecule has 5 nitrogen and oxygen atoms in total. The van der Waals surface area contributed by atoms with Crippen LogP contribution in [0.1, 0.15) is 46.4 Å². The number of carbonyl (C=O) groups excluding carboxylic acids is 2. The molecule has 0 aliphatic carbocycles. The summed E-state index contributed by atoms with van der Waals surface area (Å²) in [5.41, 5.74) is 1.43. The molecule has 2 aromatic rings. The third kappa shape index (κ3) is 4.78. The van der Waals surface area contributed by atoms with E-state index in [2.05, 4.69) is 0 Å². The van der Waals surface area contributed by atoms with Gasteiger partial charge in [0.1, 0.15) is 5.75 Å². The molecule has 1 atom stereocenters. The lowest BCUT2D eigenvalue weighted by Gasteiger charge is -2.32. The van der Waals surface area contributed by atoms with E-state index >= 15 is 0 Å². The lowest BCUT2D eigenvalue weighted by atomic mass is 9.98. The molecule has 0 bridgehead atoms. The molecule has 0 radical (unpaired) electrons. The molecule has 0 N–H and O–H groups in total. The van der Waals surface area contributed by atoms with E-state index in [-0.39, 0.29) is 11.8 Å². The first kappa shape index (κ1) is 19.5. The summed E-state index contributed by atoms with van der Waals surface area (Å²) in [6.45, 7) is 3.75. The molecule has 2 aliphatic heterocycles. The molecule has 4 rings (SSSR count). The van der Waals surface area contributed by atoms with E-state index in [4.69, 9.17) is 4.74 Å². The molecule has 29 heavy (non-hydrogen) atoms. The van der Waals surface area contributed by atoms with Crippen molar-refractivity contribution in [3.05, 3.63) is 65.7 Å². The minimum absolute atomic E-state index is 0.0882. The van der Waals surface area contributed by atoms with E-state index in [1.807, 2.05) is 64.4 Å². The van der Waals surface area contributed by atoms with Crippen LogP contribution in [0, 0.1) is 5.92 Å². The van der Waals surface area contributed by atoms with Gasteiger partial charge in [-0.1, -0.05) is 24.3 Å². The van der Waals surface area contributed by atoms with E-state index in [1.165, 1.54) is 0 Å². The second kappa shape index (κ2) is 9.12. The number of amides is 2. The first-order valence-electron chi connectivity index (χ1n) is 10.6. The van der Waals surface area contributed by atoms with Crippen molar-refractivity contribution in [2.24, 2.45) is 5.92 Å². The molecule has 0 aromatic heterocycles. The van der Waals surface area contributed by atoms with Crippen molar-refractivity contribution >= 4 is 11.8 Å². The molecular formula is C24H28N2O3. The second-order valence-corrected chi connectivity index (χ2v) is 7.96. The van der Waals surface area contributed by atoms with Crippen molar-refractivity contribution in [1.29, 1.82) is 0 Å². The van der Waals surface area contributed by atoms with Gasteiger partial charge in [-0.25, -0.2) is 0 Å². The molecule has 5 heteroatoms. The lowest BCUT2D eigenvalue weighted by Crippen LogP contribution is -2.41. The summed E-state index contributed by atoms with van der Waals surface area (Å²) in [5.74, 6) is 1.20. The number of hydrogen-bond acceptors (Lipinski definition) is 3. The van der Waals surface area contributed by atoms with Gasteiger partial charge in [-0.05, 0) is 56.0 Å². The van der Waals surface area contributed by atoms with Crippen LogP contribution in [-0.4, -0.2) is 54.4 Å². The van der Waals surface area contributed by atoms with E-state index in [0.717, 1.165) is 56.6 Å². The van der Waals surface area contributed by atoms with Gasteiger partial charge in [0, 0.05) is 43.2 Å². The van der Waals surface area contributed by atoms with Crippen molar-refractivity contribution in [3.8, 4) is 5.75 Å². The highest BCUT2D eigenvalue weighted by Gasteiger charge is 2.25. The van der Waals surface area contributed by atoms with E-state index in [0.29, 0.717) is 24.6 Å². The van der Waals surface area contributed by atoms with Crippen LogP contribution in [0.2, 0.25) is 0 Å². The molecule has 2 fully saturated rings. The van der Waals surface area contributed by atoms with Crippen molar-refractivity contribution < 1.29 is 14.3 Å². The minimum atomic E-state index is 0.0882. The van der Waals surface area contributed by atoms with Gasteiger partial charge in [0.05, 0.1) is 6.61 Å². The SMILES string of the molecule is O=C(c1cccc(OC[C@@H]2CCCN(C(=O)c3ccccc3)C2)c1)N1CCCC1. The Balaban J connectivity index is 1.33. The maximum atomic E-state index is 12.7. The third-order valence-electron chi connectivity index (χ3n) is 5.79. The maximum absolute atomic E-state index is 12.7. The summed E-state index contributed by atoms with van der Waals surface area (Å²) < 4.78 is 6.02. The van der Waals surface area contributed by atoms with Crippen LogP contribution in [-0.2, 0) is 0 Å². The zero-order chi connectivity index (χ0) is 20.1. The van der Waals surface area contributed by atoms with Crippen molar-refractivity contribution in [2.75, 3.05) is 32.8 Å². The van der Waals surface area contributed by atoms with Gasteiger partial charge in [0.15, 0.2) is 0 Å². The Labute approximate surface area is 172 Å². The van der Waals surface area contributed by atoms with Gasteiger partial charge in [0.25, 0.3) is 11.8 Å². The van der Waals surface area contributed by atoms with Crippen molar-refractivity contribution in [3.63, 3.8) is 0 Å². The van der Waals surface area contributed by atoms with Crippen LogP contribution < -0.4 is 4.74 Å². The Morgan fingerprint density at radius 3 is 2.31 bits per heavy atom. The zero-order valence-corrected chi connectivity index (χ0v) is 16.8. The Morgan fingerprint density at radius 2 is 1.52 bits per heavy atom. The smallest absolute Gasteiger partial charge is 0.253 e. The largest absolute Gasteiger partial charge is 0.493 e. The molecule has 2 aromatic carbocycles. The Bertz CT molecular complexity index is 846. The Kier molecular flexibility index (Phi) is 6.13. The summed E-state index contributed by atoms with van der Waals surface area (Å²) in [5, 5.41) is 0. The average molecular weight is 392 g/mol. The highest BCUT2D eigenvalue weighted by atomic mass is 16.5. The molecule has 2 aliphatic rings. The first-order valence-corrected chi connectivity index (χ1v) is 10.6. The first-order chi connectivity index (χ1) is 14.2. The maximum Gasteiger partial charge on any atom is 0.253 e. The highest BCUT2D eigenvalue weighted by Crippen LogP contribution is 2.22. The quantitative estimate of drug-likeness (QED) is 0.777. The summed E-state index contributed by atoms with van der Waals surface area (Å²) >= 11 is 0. The molecule has 0 unspecified atom stereocenters. The third-order valence-corrected chi connectivity index (χ3v) is 5.79. The zero-order valence-electron chi connectivity index (χ0n) is 16.8. The van der Waals surface area contributed by atoms with Crippen molar-refractivity contribution in [1.82, 2.24) is 9.80 Å². The normalized spacial score (nSPS) is 19.2. The second-order valence-electron chi connectivity index (χ2n) is 7.96. The Hall–Kier alpha value is -2.82. The molecule has 2 saturated heterocycles. The van der Waals surface area contributed by atoms with Crippen molar-refractivity contribution in [2.45, 2.75) is 25.7 Å². The molecule has 152 valence electrons. The standard InChI is InChI=1S/C24H28N2O3/c27-23(20-9-2-1-3-10-20)26-15-7-8-19(17-26)18-29-22-12-6-11-21(16-22)24(28)25-13-4-5-14-25/h1-3,6,9-12,16,19H,4-5,7-8,13-15,17-18H2/t19-/m1/s1. The molecule has 0 saturated carbocycles. The van der Waals surface area contributed by atoms with Crippen LogP contribution in [0.25, 0.3) is 0 Å². The number of piperidine rings is 1. The molecule has 2 heterocycles. The van der Waals surface area contributed by atoms with Gasteiger partial charge in [-0.2, -0.15) is 0 Å². The van der Waals surface area contributed by atoms with Gasteiger partial charge in [0.2, 0.25) is 0 Å². The van der Waals surface area contributed by atoms with E-state index in [1.54, 1.807) is 0 Å². The molecular weight excluding hydrogens is 364 g/mol. The number of ether oxygens (including phenoxy) is 1. The van der Waals surface area contributed by atoms with Gasteiger partial charge in [-0.3, -0.25) is 9.59 Å². The van der Waals surface area contributed by atoms with Crippen LogP contribution in [0.3, 0.4) is 0 Å². The fraction of sp³-hybridized carbons (Fsp3) is 0.417. The summed E-state index contributed by atoms with van der Waals surface area (Å²) in [6.07, 6.45) is 4.20. The fourth-order valence-corrected chi connectivity index (χ4v) is 4.18. The monoisotopic (exact) mass is 392 g/mol. The predicted molar refractivity (Wildman–Crippen MR) is 112 cm³/mol. The number of nitrogens with zero attached hydrogens (tertiary/aromatic N) is 2. The summed E-state index contributed by atoms with van der Waals surface area (Å²) in [6, 6.07) is 16.9. The Morgan fingerprint density at radius 1 is 0.828 bits per heavy atom. The molecule has 2 amide bonds. The van der Waals surface area contributed by atoms with Crippen LogP contribution >= 0.6 is 0 Å². The molecule has 0 spiro atoms. The van der Waals surface area contributed by atoms with Crippen LogP contribution in [0.15, 0.2) is 54.6 Å².